The Morgan fingerprint density at radius 1 is 0.682 bits per heavy atom. The van der Waals surface area contributed by atoms with Crippen molar-refractivity contribution in [3.63, 3.8) is 0 Å². The van der Waals surface area contributed by atoms with Gasteiger partial charge in [-0.2, -0.15) is 26.3 Å². The second-order valence-electron chi connectivity index (χ2n) is 3.97. The number of allylic oxidation sites excluding steroid dienone is 4. The van der Waals surface area contributed by atoms with Crippen LogP contribution >= 0.6 is 0 Å². The molecule has 0 aromatic heterocycles. The summed E-state index contributed by atoms with van der Waals surface area (Å²) in [7, 11) is 0. The van der Waals surface area contributed by atoms with Crippen LogP contribution in [0.25, 0.3) is 0 Å². The fourth-order valence-electron chi connectivity index (χ4n) is 1.14. The minimum Gasteiger partial charge on any atom is -0.324 e. The van der Waals surface area contributed by atoms with Gasteiger partial charge in [0.25, 0.3) is 0 Å². The number of alkyl halides is 6. The molecular weight excluding hydrogens is 366 g/mol. The summed E-state index contributed by atoms with van der Waals surface area (Å²) in [6.07, 6.45) is 2.06. The van der Waals surface area contributed by atoms with Crippen molar-refractivity contribution in [2.24, 2.45) is 0 Å². The second-order valence-corrected chi connectivity index (χ2v) is 3.97. The first-order valence-electron chi connectivity index (χ1n) is 5.92. The van der Waals surface area contributed by atoms with E-state index in [1.807, 2.05) is 0 Å². The van der Waals surface area contributed by atoms with E-state index in [4.69, 9.17) is 0 Å². The first kappa shape index (κ1) is 23.1. The minimum atomic E-state index is -5.46. The van der Waals surface area contributed by atoms with Gasteiger partial charge in [-0.3, -0.25) is 0 Å². The first-order valence-corrected chi connectivity index (χ1v) is 5.92. The third-order valence-electron chi connectivity index (χ3n) is 2.15. The predicted molar refractivity (Wildman–Crippen MR) is 63.2 cm³/mol. The number of ketones is 2. The van der Waals surface area contributed by atoms with E-state index in [0.29, 0.717) is 0 Å². The molecule has 0 saturated heterocycles. The summed E-state index contributed by atoms with van der Waals surface area (Å²) < 4.78 is 67.8. The minimum absolute atomic E-state index is 0. The van der Waals surface area contributed by atoms with E-state index < -0.39 is 30.3 Å². The number of halogens is 6. The summed E-state index contributed by atoms with van der Waals surface area (Å²) >= 11 is 0. The summed E-state index contributed by atoms with van der Waals surface area (Å²) in [5.41, 5.74) is 0. The van der Waals surface area contributed by atoms with Crippen molar-refractivity contribution in [3.8, 4) is 0 Å². The number of rotatable bonds is 2. The maximum absolute atomic E-state index is 11.3. The van der Waals surface area contributed by atoms with Gasteiger partial charge in [0.15, 0.2) is 0 Å². The van der Waals surface area contributed by atoms with Gasteiger partial charge in [0.05, 0.1) is 0 Å². The van der Waals surface area contributed by atoms with E-state index in [1.54, 1.807) is 0 Å². The molecule has 1 aliphatic rings. The molecule has 0 spiro atoms. The van der Waals surface area contributed by atoms with Crippen molar-refractivity contribution in [2.45, 2.75) is 38.0 Å². The van der Waals surface area contributed by atoms with Gasteiger partial charge in [0, 0.05) is 0 Å². The van der Waals surface area contributed by atoms with Crippen molar-refractivity contribution < 1.29 is 53.0 Å². The normalized spacial score (nSPS) is 17.5. The zero-order chi connectivity index (χ0) is 16.5. The van der Waals surface area contributed by atoms with Crippen LogP contribution in [0.1, 0.15) is 25.7 Å². The summed E-state index contributed by atoms with van der Waals surface area (Å²) in [6, 6.07) is 0. The Kier molecular flexibility index (Phi) is 11.0. The summed E-state index contributed by atoms with van der Waals surface area (Å²) in [4.78, 5) is 19.6. The number of carbonyl (C=O) groups excluding carboxylic acids is 2. The van der Waals surface area contributed by atoms with Gasteiger partial charge in [0.2, 0.25) is 0 Å². The third-order valence-corrected chi connectivity index (χ3v) is 2.15. The maximum atomic E-state index is 11.3. The Hall–Kier alpha value is -1.21. The molecule has 9 heteroatoms. The van der Waals surface area contributed by atoms with Gasteiger partial charge in [-0.1, -0.05) is 24.3 Å². The summed E-state index contributed by atoms with van der Waals surface area (Å²) in [5.74, 6) is -5.65. The van der Waals surface area contributed by atoms with Gasteiger partial charge >= 0.3 is 29.4 Å². The number of hydrogen-bond acceptors (Lipinski definition) is 2. The number of carbonyl (C=O) groups is 2. The first-order chi connectivity index (χ1) is 9.55. The van der Waals surface area contributed by atoms with Crippen molar-refractivity contribution in [2.75, 3.05) is 0 Å². The maximum Gasteiger partial charge on any atom is 1.00 e. The van der Waals surface area contributed by atoms with Crippen LogP contribution < -0.4 is 0 Å². The van der Waals surface area contributed by atoms with Crippen LogP contribution in [0.2, 0.25) is 0 Å². The molecule has 0 aromatic rings. The van der Waals surface area contributed by atoms with Gasteiger partial charge < -0.3 is 9.59 Å². The molecule has 2 nitrogen and oxygen atoms in total. The van der Waals surface area contributed by atoms with Crippen molar-refractivity contribution in [3.05, 3.63) is 30.7 Å². The quantitative estimate of drug-likeness (QED) is 0.238. The van der Waals surface area contributed by atoms with Crippen LogP contribution in [0.15, 0.2) is 24.3 Å². The molecule has 1 rings (SSSR count). The van der Waals surface area contributed by atoms with Crippen molar-refractivity contribution >= 4 is 11.6 Å². The second kappa shape index (κ2) is 10.5. The van der Waals surface area contributed by atoms with E-state index in [0.717, 1.165) is 0 Å². The fraction of sp³-hybridized carbons (Fsp3) is 0.462. The SMILES string of the molecule is C1=C\CC/C=C/CC/1.O=C([CH-]C(=O)C(F)(F)F)C(F)(F)F.[Cu+]. The molecule has 1 aliphatic carbocycles. The number of hydrogen-bond donors (Lipinski definition) is 0. The molecule has 0 aliphatic heterocycles. The van der Waals surface area contributed by atoms with E-state index in [9.17, 15) is 35.9 Å². The van der Waals surface area contributed by atoms with E-state index in [-0.39, 0.29) is 17.1 Å². The van der Waals surface area contributed by atoms with Gasteiger partial charge in [-0.25, -0.2) is 6.42 Å². The van der Waals surface area contributed by atoms with Gasteiger partial charge in [-0.15, -0.1) is 0 Å². The zero-order valence-electron chi connectivity index (χ0n) is 11.1. The number of Topliss-reactive ketones (excluding diaryl/α,β-unsaturated/α-hetero) is 2. The topological polar surface area (TPSA) is 34.1 Å². The van der Waals surface area contributed by atoms with E-state index in [2.05, 4.69) is 24.3 Å². The zero-order valence-corrected chi connectivity index (χ0v) is 12.0. The Morgan fingerprint density at radius 2 is 0.909 bits per heavy atom. The van der Waals surface area contributed by atoms with Crippen molar-refractivity contribution in [1.29, 1.82) is 0 Å². The molecule has 0 saturated carbocycles. The molecule has 0 atom stereocenters. The van der Waals surface area contributed by atoms with E-state index >= 15 is 0 Å². The van der Waals surface area contributed by atoms with Crippen LogP contribution in [0.4, 0.5) is 26.3 Å². The molecule has 0 fully saturated rings. The Labute approximate surface area is 134 Å². The summed E-state index contributed by atoms with van der Waals surface area (Å²) in [5, 5.41) is 0. The van der Waals surface area contributed by atoms with Gasteiger partial charge in [-0.05, 0) is 25.7 Å². The fourth-order valence-corrected chi connectivity index (χ4v) is 1.14. The Morgan fingerprint density at radius 3 is 1.09 bits per heavy atom. The predicted octanol–water partition coefficient (Wildman–Crippen LogP) is 4.12. The third kappa shape index (κ3) is 11.4. The van der Waals surface area contributed by atoms with E-state index in [1.165, 1.54) is 25.7 Å². The average molecular weight is 379 g/mol. The monoisotopic (exact) mass is 378 g/mol. The molecular formula is C13H13CuF6O2. The van der Waals surface area contributed by atoms with Crippen LogP contribution in [-0.4, -0.2) is 23.9 Å². The molecule has 0 bridgehead atoms. The molecule has 0 radical (unpaired) electrons. The molecule has 0 N–H and O–H groups in total. The standard InChI is InChI=1S/C8H12.C5HF6O2.Cu/c1-2-4-6-8-7-5-3-1;6-4(7,8)2(12)1-3(13)5(9,10)11;/h1-2,7-8H,3-6H2;1H;/q;-1;+1/b2-1-,8-7+;;. The molecule has 130 valence electrons. The average Bonchev–Trinajstić information content (AvgIpc) is 2.25. The molecule has 0 amide bonds. The largest absolute Gasteiger partial charge is 1.00 e. The Balaban J connectivity index is 0. The van der Waals surface area contributed by atoms with Crippen LogP contribution in [-0.2, 0) is 26.7 Å². The molecule has 0 aromatic carbocycles. The van der Waals surface area contributed by atoms with Crippen LogP contribution in [0.5, 0.6) is 0 Å². The van der Waals surface area contributed by atoms with Crippen LogP contribution in [0, 0.1) is 6.42 Å². The molecule has 0 heterocycles. The smallest absolute Gasteiger partial charge is 0.324 e. The van der Waals surface area contributed by atoms with Gasteiger partial charge in [0.1, 0.15) is 11.6 Å². The molecule has 0 unspecified atom stereocenters. The summed E-state index contributed by atoms with van der Waals surface area (Å²) in [6.45, 7) is 0. The molecule has 22 heavy (non-hydrogen) atoms. The van der Waals surface area contributed by atoms with Crippen LogP contribution in [0.3, 0.4) is 0 Å². The van der Waals surface area contributed by atoms with Crippen molar-refractivity contribution in [1.82, 2.24) is 0 Å². The Bertz CT molecular complexity index is 360.